The summed E-state index contributed by atoms with van der Waals surface area (Å²) in [6.07, 6.45) is 0. The number of ketones is 1. The Hall–Kier alpha value is -2.81. The molecule has 2 rings (SSSR count). The molecule has 0 aliphatic carbocycles. The molecule has 0 atom stereocenters. The second-order valence-electron chi connectivity index (χ2n) is 4.38. The molecule has 20 heavy (non-hydrogen) atoms. The second-order valence-corrected chi connectivity index (χ2v) is 4.38. The quantitative estimate of drug-likeness (QED) is 0.834. The minimum absolute atomic E-state index is 0.131. The van der Waals surface area contributed by atoms with Crippen LogP contribution in [0, 0.1) is 0 Å². The van der Waals surface area contributed by atoms with Crippen LogP contribution in [-0.2, 0) is 4.79 Å². The van der Waals surface area contributed by atoms with Crippen LogP contribution in [0.25, 0.3) is 11.1 Å². The zero-order valence-corrected chi connectivity index (χ0v) is 10.8. The Morgan fingerprint density at radius 1 is 0.700 bits per heavy atom. The van der Waals surface area contributed by atoms with Crippen molar-refractivity contribution in [3.05, 3.63) is 72.8 Å². The van der Waals surface area contributed by atoms with Gasteiger partial charge in [0.05, 0.1) is 0 Å². The van der Waals surface area contributed by atoms with Crippen molar-refractivity contribution in [3.63, 3.8) is 0 Å². The fraction of sp³-hybridized carbons (Fsp3) is 0. The number of allylic oxidation sites excluding steroid dienone is 2. The van der Waals surface area contributed by atoms with Gasteiger partial charge in [-0.25, -0.2) is 0 Å². The first-order chi connectivity index (χ1) is 9.49. The second kappa shape index (κ2) is 5.45. The van der Waals surface area contributed by atoms with E-state index < -0.39 is 0 Å². The Balaban J connectivity index is 2.22. The molecule has 2 N–H and O–H groups in total. The molecule has 0 spiro atoms. The highest BCUT2D eigenvalue weighted by Gasteiger charge is 2.14. The number of carbonyl (C=O) groups excluding carboxylic acids is 1. The van der Waals surface area contributed by atoms with Crippen LogP contribution in [0.2, 0.25) is 0 Å². The third kappa shape index (κ3) is 2.78. The molecule has 0 heterocycles. The number of rotatable bonds is 4. The average molecular weight is 266 g/mol. The molecule has 2 aromatic carbocycles. The molecule has 3 nitrogen and oxygen atoms in total. The molecule has 0 aliphatic heterocycles. The number of hydrogen-bond donors (Lipinski definition) is 2. The summed E-state index contributed by atoms with van der Waals surface area (Å²) in [6.45, 7) is 7.55. The predicted molar refractivity (Wildman–Crippen MR) is 79.3 cm³/mol. The van der Waals surface area contributed by atoms with Crippen LogP contribution >= 0.6 is 0 Å². The van der Waals surface area contributed by atoms with E-state index in [1.807, 2.05) is 0 Å². The van der Waals surface area contributed by atoms with Gasteiger partial charge in [-0.05, 0) is 35.4 Å². The van der Waals surface area contributed by atoms with Crippen molar-refractivity contribution in [2.24, 2.45) is 0 Å². The van der Waals surface area contributed by atoms with Gasteiger partial charge in [0, 0.05) is 11.1 Å². The predicted octanol–water partition coefficient (Wildman–Crippen LogP) is 3.39. The van der Waals surface area contributed by atoms with Crippen LogP contribution in [0.4, 0.5) is 0 Å². The highest BCUT2D eigenvalue weighted by Crippen LogP contribution is 2.24. The Morgan fingerprint density at radius 2 is 1.00 bits per heavy atom. The van der Waals surface area contributed by atoms with Gasteiger partial charge in [-0.3, -0.25) is 4.79 Å². The van der Waals surface area contributed by atoms with Crippen LogP contribution in [0.1, 0.15) is 11.1 Å². The molecule has 0 bridgehead atoms. The highest BCUT2D eigenvalue weighted by atomic mass is 16.3. The summed E-state index contributed by atoms with van der Waals surface area (Å²) >= 11 is 0. The summed E-state index contributed by atoms with van der Waals surface area (Å²) in [5, 5.41) is 18.5. The van der Waals surface area contributed by atoms with Crippen LogP contribution in [-0.4, -0.2) is 16.0 Å². The van der Waals surface area contributed by atoms with E-state index in [0.717, 1.165) is 0 Å². The minimum Gasteiger partial charge on any atom is -0.508 e. The van der Waals surface area contributed by atoms with Crippen molar-refractivity contribution in [2.45, 2.75) is 0 Å². The van der Waals surface area contributed by atoms with Crippen molar-refractivity contribution in [1.29, 1.82) is 0 Å². The smallest absolute Gasteiger partial charge is 0.193 e. The van der Waals surface area contributed by atoms with E-state index in [0.29, 0.717) is 22.3 Å². The minimum atomic E-state index is -0.277. The number of Topliss-reactive ketones (excluding diaryl/α,β-unsaturated/α-hetero) is 1. The van der Waals surface area contributed by atoms with Crippen LogP contribution in [0.5, 0.6) is 11.5 Å². The lowest BCUT2D eigenvalue weighted by Gasteiger charge is -2.08. The Morgan fingerprint density at radius 3 is 1.30 bits per heavy atom. The summed E-state index contributed by atoms with van der Waals surface area (Å²) in [5.74, 6) is -0.0147. The fourth-order valence-corrected chi connectivity index (χ4v) is 1.77. The van der Waals surface area contributed by atoms with E-state index in [1.165, 1.54) is 24.3 Å². The van der Waals surface area contributed by atoms with Gasteiger partial charge in [0.1, 0.15) is 11.5 Å². The SMILES string of the molecule is C=C(C(=O)C(=C)c1ccc(O)cc1)c1ccc(O)cc1. The number of phenolic OH excluding ortho intramolecular Hbond substituents is 2. The van der Waals surface area contributed by atoms with Crippen LogP contribution in [0.3, 0.4) is 0 Å². The Kier molecular flexibility index (Phi) is 3.71. The molecule has 100 valence electrons. The molecule has 3 heteroatoms. The molecular formula is C17H14O3. The number of benzene rings is 2. The summed E-state index contributed by atoms with van der Waals surface area (Å²) in [7, 11) is 0. The van der Waals surface area contributed by atoms with Crippen molar-refractivity contribution in [2.75, 3.05) is 0 Å². The number of phenols is 2. The summed E-state index contributed by atoms with van der Waals surface area (Å²) in [4.78, 5) is 12.3. The number of aromatic hydroxyl groups is 2. The Bertz CT molecular complexity index is 605. The summed E-state index contributed by atoms with van der Waals surface area (Å²) in [6, 6.07) is 12.5. The average Bonchev–Trinajstić information content (AvgIpc) is 2.46. The normalized spacial score (nSPS) is 10.0. The maximum atomic E-state index is 12.3. The zero-order valence-electron chi connectivity index (χ0n) is 10.8. The van der Waals surface area contributed by atoms with Crippen LogP contribution in [0.15, 0.2) is 61.7 Å². The van der Waals surface area contributed by atoms with Crippen molar-refractivity contribution in [3.8, 4) is 11.5 Å². The topological polar surface area (TPSA) is 57.5 Å². The molecule has 0 saturated heterocycles. The zero-order chi connectivity index (χ0) is 14.7. The van der Waals surface area contributed by atoms with Gasteiger partial charge in [0.2, 0.25) is 0 Å². The van der Waals surface area contributed by atoms with E-state index in [2.05, 4.69) is 13.2 Å². The van der Waals surface area contributed by atoms with Gasteiger partial charge in [0.25, 0.3) is 0 Å². The van der Waals surface area contributed by atoms with E-state index in [4.69, 9.17) is 0 Å². The summed E-state index contributed by atoms with van der Waals surface area (Å²) in [5.41, 5.74) is 1.88. The molecular weight excluding hydrogens is 252 g/mol. The summed E-state index contributed by atoms with van der Waals surface area (Å²) < 4.78 is 0. The third-order valence-corrected chi connectivity index (χ3v) is 2.98. The monoisotopic (exact) mass is 266 g/mol. The standard InChI is InChI=1S/C17H14O3/c1-11(13-3-7-15(18)8-4-13)17(20)12(2)14-5-9-16(19)10-6-14/h3-10,18-19H,1-2H2. The molecule has 0 saturated carbocycles. The molecule has 2 aromatic rings. The first-order valence-electron chi connectivity index (χ1n) is 6.00. The number of carbonyl (C=O) groups is 1. The highest BCUT2D eigenvalue weighted by molar-refractivity contribution is 6.41. The largest absolute Gasteiger partial charge is 0.508 e. The third-order valence-electron chi connectivity index (χ3n) is 2.98. The molecule has 0 amide bonds. The molecule has 0 unspecified atom stereocenters. The van der Waals surface area contributed by atoms with E-state index in [9.17, 15) is 15.0 Å². The number of hydrogen-bond acceptors (Lipinski definition) is 3. The maximum absolute atomic E-state index is 12.3. The van der Waals surface area contributed by atoms with Gasteiger partial charge in [-0.15, -0.1) is 0 Å². The molecule has 0 aromatic heterocycles. The van der Waals surface area contributed by atoms with Gasteiger partial charge in [-0.1, -0.05) is 37.4 Å². The van der Waals surface area contributed by atoms with Crippen LogP contribution < -0.4 is 0 Å². The first kappa shape index (κ1) is 13.6. The van der Waals surface area contributed by atoms with Crippen molar-refractivity contribution >= 4 is 16.9 Å². The van der Waals surface area contributed by atoms with Gasteiger partial charge in [-0.2, -0.15) is 0 Å². The van der Waals surface area contributed by atoms with Gasteiger partial charge in [0.15, 0.2) is 5.78 Å². The molecule has 0 fully saturated rings. The molecule has 0 aliphatic rings. The van der Waals surface area contributed by atoms with Gasteiger partial charge < -0.3 is 10.2 Å². The Labute approximate surface area is 117 Å². The lowest BCUT2D eigenvalue weighted by atomic mass is 9.95. The van der Waals surface area contributed by atoms with E-state index in [1.54, 1.807) is 24.3 Å². The molecule has 0 radical (unpaired) electrons. The lowest BCUT2D eigenvalue weighted by Crippen LogP contribution is -2.03. The van der Waals surface area contributed by atoms with Crippen molar-refractivity contribution < 1.29 is 15.0 Å². The van der Waals surface area contributed by atoms with Gasteiger partial charge >= 0.3 is 0 Å². The fourth-order valence-electron chi connectivity index (χ4n) is 1.77. The van der Waals surface area contributed by atoms with Crippen molar-refractivity contribution in [1.82, 2.24) is 0 Å². The van der Waals surface area contributed by atoms with E-state index >= 15 is 0 Å². The van der Waals surface area contributed by atoms with E-state index in [-0.39, 0.29) is 17.3 Å². The first-order valence-corrected chi connectivity index (χ1v) is 6.00. The maximum Gasteiger partial charge on any atom is 0.193 e. The lowest BCUT2D eigenvalue weighted by molar-refractivity contribution is -0.108.